The van der Waals surface area contributed by atoms with Crippen LogP contribution in [-0.4, -0.2) is 33.5 Å². The molecule has 1 aromatic heterocycles. The largest absolute Gasteiger partial charge is 0.465 e. The van der Waals surface area contributed by atoms with Crippen LogP contribution in [0.5, 0.6) is 0 Å². The van der Waals surface area contributed by atoms with E-state index in [1.165, 1.54) is 22.9 Å². The van der Waals surface area contributed by atoms with Crippen LogP contribution in [0.15, 0.2) is 52.0 Å². The second-order valence-corrected chi connectivity index (χ2v) is 7.95. The van der Waals surface area contributed by atoms with E-state index < -0.39 is 0 Å². The molecule has 0 unspecified atom stereocenters. The number of carbonyl (C=O) groups is 3. The van der Waals surface area contributed by atoms with Gasteiger partial charge >= 0.3 is 0 Å². The first-order chi connectivity index (χ1) is 14.0. The monoisotopic (exact) mass is 429 g/mol. The molecule has 1 aliphatic rings. The number of nitrogens with zero attached hydrogens (tertiary/aromatic N) is 1. The van der Waals surface area contributed by atoms with E-state index in [2.05, 4.69) is 10.9 Å². The van der Waals surface area contributed by atoms with Crippen LogP contribution in [0.3, 0.4) is 0 Å². The molecule has 1 aliphatic heterocycles. The lowest BCUT2D eigenvalue weighted by Crippen LogP contribution is -2.42. The van der Waals surface area contributed by atoms with E-state index in [-0.39, 0.29) is 24.1 Å². The van der Waals surface area contributed by atoms with Crippen LogP contribution >= 0.6 is 24.0 Å². The highest BCUT2D eigenvalue weighted by Gasteiger charge is 2.31. The average molecular weight is 430 g/mol. The molecule has 29 heavy (non-hydrogen) atoms. The first-order valence-electron chi connectivity index (χ1n) is 8.89. The van der Waals surface area contributed by atoms with E-state index in [0.717, 1.165) is 5.56 Å². The van der Waals surface area contributed by atoms with E-state index in [9.17, 15) is 14.4 Å². The zero-order valence-corrected chi connectivity index (χ0v) is 17.3. The second-order valence-electron chi connectivity index (χ2n) is 6.27. The van der Waals surface area contributed by atoms with Gasteiger partial charge in [-0.05, 0) is 37.1 Å². The molecule has 1 saturated heterocycles. The lowest BCUT2D eigenvalue weighted by atomic mass is 10.1. The van der Waals surface area contributed by atoms with Crippen LogP contribution in [0, 0.1) is 6.92 Å². The fourth-order valence-corrected chi connectivity index (χ4v) is 3.97. The van der Waals surface area contributed by atoms with E-state index in [1.807, 2.05) is 19.1 Å². The Balaban J connectivity index is 1.44. The quantitative estimate of drug-likeness (QED) is 0.417. The first-order valence-corrected chi connectivity index (χ1v) is 10.1. The van der Waals surface area contributed by atoms with Crippen molar-refractivity contribution in [3.05, 3.63) is 64.5 Å². The highest BCUT2D eigenvalue weighted by molar-refractivity contribution is 8.26. The van der Waals surface area contributed by atoms with Gasteiger partial charge in [0.25, 0.3) is 11.8 Å². The summed E-state index contributed by atoms with van der Waals surface area (Å²) in [4.78, 5) is 38.5. The number of furan rings is 1. The van der Waals surface area contributed by atoms with Gasteiger partial charge in [0, 0.05) is 24.6 Å². The topological polar surface area (TPSA) is 91.7 Å². The van der Waals surface area contributed by atoms with Gasteiger partial charge in [-0.25, -0.2) is 0 Å². The number of thiocarbonyl (C=S) groups is 1. The summed E-state index contributed by atoms with van der Waals surface area (Å²) in [5, 5.41) is 0. The zero-order chi connectivity index (χ0) is 20.8. The number of hydrogen-bond acceptors (Lipinski definition) is 6. The number of hydrogen-bond donors (Lipinski definition) is 2. The van der Waals surface area contributed by atoms with Crippen molar-refractivity contribution in [3.8, 4) is 0 Å². The molecule has 0 aliphatic carbocycles. The Morgan fingerprint density at radius 2 is 2.00 bits per heavy atom. The van der Waals surface area contributed by atoms with Gasteiger partial charge in [0.05, 0.1) is 11.2 Å². The third-order valence-corrected chi connectivity index (χ3v) is 5.56. The minimum Gasteiger partial charge on any atom is -0.465 e. The Kier molecular flexibility index (Phi) is 6.84. The molecule has 0 bridgehead atoms. The zero-order valence-electron chi connectivity index (χ0n) is 15.6. The lowest BCUT2D eigenvalue weighted by Gasteiger charge is -2.14. The summed E-state index contributed by atoms with van der Waals surface area (Å²) < 4.78 is 5.67. The minimum absolute atomic E-state index is 0.141. The Labute approximate surface area is 177 Å². The lowest BCUT2D eigenvalue weighted by molar-refractivity contribution is -0.124. The molecule has 0 atom stereocenters. The van der Waals surface area contributed by atoms with Crippen molar-refractivity contribution in [2.75, 3.05) is 6.54 Å². The summed E-state index contributed by atoms with van der Waals surface area (Å²) in [6.45, 7) is 2.14. The predicted molar refractivity (Wildman–Crippen MR) is 115 cm³/mol. The Hall–Kier alpha value is -2.91. The molecule has 2 heterocycles. The fourth-order valence-electron chi connectivity index (χ4n) is 2.68. The number of carbonyl (C=O) groups excluding carboxylic acids is 3. The Morgan fingerprint density at radius 3 is 2.72 bits per heavy atom. The molecule has 2 aromatic rings. The summed E-state index contributed by atoms with van der Waals surface area (Å²) in [6, 6.07) is 10.6. The van der Waals surface area contributed by atoms with Gasteiger partial charge in [0.1, 0.15) is 10.1 Å². The van der Waals surface area contributed by atoms with Crippen LogP contribution in [0.1, 0.15) is 34.5 Å². The second kappa shape index (κ2) is 9.53. The molecular formula is C20H19N3O4S2. The van der Waals surface area contributed by atoms with Crippen molar-refractivity contribution in [2.24, 2.45) is 0 Å². The number of nitrogens with one attached hydrogen (secondary N) is 2. The summed E-state index contributed by atoms with van der Waals surface area (Å²) in [5.74, 6) is -0.348. The Morgan fingerprint density at radius 1 is 1.21 bits per heavy atom. The van der Waals surface area contributed by atoms with E-state index in [0.29, 0.717) is 33.5 Å². The van der Waals surface area contributed by atoms with Crippen molar-refractivity contribution in [1.29, 1.82) is 0 Å². The SMILES string of the molecule is Cc1ccccc1C(=O)NNC(=O)CCCN1C(=O)C(=Cc2ccco2)SC1=S. The summed E-state index contributed by atoms with van der Waals surface area (Å²) in [6.07, 6.45) is 3.73. The maximum absolute atomic E-state index is 12.5. The minimum atomic E-state index is -0.378. The van der Waals surface area contributed by atoms with Crippen molar-refractivity contribution in [3.63, 3.8) is 0 Å². The van der Waals surface area contributed by atoms with E-state index in [4.69, 9.17) is 16.6 Å². The number of amides is 3. The summed E-state index contributed by atoms with van der Waals surface area (Å²) in [5.41, 5.74) is 6.10. The third kappa shape index (κ3) is 5.33. The fraction of sp³-hybridized carbons (Fsp3) is 0.200. The van der Waals surface area contributed by atoms with Crippen LogP contribution in [0.4, 0.5) is 0 Å². The van der Waals surface area contributed by atoms with Gasteiger partial charge in [0.2, 0.25) is 5.91 Å². The Bertz CT molecular complexity index is 970. The van der Waals surface area contributed by atoms with Crippen molar-refractivity contribution in [1.82, 2.24) is 15.8 Å². The average Bonchev–Trinajstić information content (AvgIpc) is 3.30. The molecule has 7 nitrogen and oxygen atoms in total. The number of rotatable bonds is 6. The molecular weight excluding hydrogens is 410 g/mol. The van der Waals surface area contributed by atoms with Gasteiger partial charge in [-0.2, -0.15) is 0 Å². The number of benzene rings is 1. The molecule has 3 amide bonds. The highest BCUT2D eigenvalue weighted by Crippen LogP contribution is 2.32. The van der Waals surface area contributed by atoms with Crippen LogP contribution in [0.25, 0.3) is 6.08 Å². The molecule has 0 spiro atoms. The predicted octanol–water partition coefficient (Wildman–Crippen LogP) is 3.03. The number of aryl methyl sites for hydroxylation is 1. The summed E-state index contributed by atoms with van der Waals surface area (Å²) >= 11 is 6.46. The van der Waals surface area contributed by atoms with Gasteiger partial charge in [-0.1, -0.05) is 42.2 Å². The van der Waals surface area contributed by atoms with Crippen LogP contribution in [-0.2, 0) is 9.59 Å². The third-order valence-electron chi connectivity index (χ3n) is 4.18. The van der Waals surface area contributed by atoms with Crippen molar-refractivity contribution >= 4 is 52.1 Å². The van der Waals surface area contributed by atoms with Gasteiger partial charge in [0.15, 0.2) is 0 Å². The molecule has 3 rings (SSSR count). The normalized spacial score (nSPS) is 15.1. The first kappa shape index (κ1) is 20.8. The van der Waals surface area contributed by atoms with Crippen LogP contribution in [0.2, 0.25) is 0 Å². The van der Waals surface area contributed by atoms with Crippen LogP contribution < -0.4 is 10.9 Å². The highest BCUT2D eigenvalue weighted by atomic mass is 32.2. The maximum atomic E-state index is 12.5. The van der Waals surface area contributed by atoms with E-state index >= 15 is 0 Å². The van der Waals surface area contributed by atoms with E-state index in [1.54, 1.807) is 30.3 Å². The molecule has 0 radical (unpaired) electrons. The molecule has 1 aromatic carbocycles. The molecule has 9 heteroatoms. The number of hydrazine groups is 1. The van der Waals surface area contributed by atoms with Gasteiger partial charge < -0.3 is 4.42 Å². The number of thioether (sulfide) groups is 1. The maximum Gasteiger partial charge on any atom is 0.269 e. The van der Waals surface area contributed by atoms with Gasteiger partial charge in [-0.3, -0.25) is 30.1 Å². The smallest absolute Gasteiger partial charge is 0.269 e. The van der Waals surface area contributed by atoms with Crippen molar-refractivity contribution in [2.45, 2.75) is 19.8 Å². The molecule has 2 N–H and O–H groups in total. The van der Waals surface area contributed by atoms with Crippen molar-refractivity contribution < 1.29 is 18.8 Å². The molecule has 0 saturated carbocycles. The summed E-state index contributed by atoms with van der Waals surface area (Å²) in [7, 11) is 0. The standard InChI is InChI=1S/C20H19N3O4S2/c1-13-6-2-3-8-15(13)18(25)22-21-17(24)9-4-10-23-19(26)16(29-20(23)28)12-14-7-5-11-27-14/h2-3,5-8,11-12H,4,9-10H2,1H3,(H,21,24)(H,22,25). The van der Waals surface area contributed by atoms with Gasteiger partial charge in [-0.15, -0.1) is 0 Å². The molecule has 1 fully saturated rings. The molecule has 150 valence electrons.